The highest BCUT2D eigenvalue weighted by molar-refractivity contribution is 9.10. The molecule has 1 saturated heterocycles. The number of furan rings is 1. The summed E-state index contributed by atoms with van der Waals surface area (Å²) < 4.78 is 12.1. The topological polar surface area (TPSA) is 55.9 Å². The minimum Gasteiger partial charge on any atom is -0.484 e. The van der Waals surface area contributed by atoms with Crippen molar-refractivity contribution in [1.82, 2.24) is 5.32 Å². The lowest BCUT2D eigenvalue weighted by molar-refractivity contribution is -0.919. The number of carbonyl (C=O) groups excluding carboxylic acids is 1. The minimum absolute atomic E-state index is 0.0157. The number of nitrogens with one attached hydrogen (secondary N) is 2. The highest BCUT2D eigenvalue weighted by atomic mass is 79.9. The van der Waals surface area contributed by atoms with Gasteiger partial charge in [-0.2, -0.15) is 0 Å². The SMILES string of the molecule is O=C(COc1ccc(Br)cc1)NC[C@H](c1ccco1)[NH+]1CCCC1. The molecule has 0 saturated carbocycles. The van der Waals surface area contributed by atoms with Gasteiger partial charge in [0, 0.05) is 17.3 Å². The van der Waals surface area contributed by atoms with Crippen LogP contribution in [-0.2, 0) is 4.79 Å². The van der Waals surface area contributed by atoms with E-state index in [-0.39, 0.29) is 18.6 Å². The van der Waals surface area contributed by atoms with E-state index in [1.54, 1.807) is 6.26 Å². The molecular weight excluding hydrogens is 372 g/mol. The zero-order valence-corrected chi connectivity index (χ0v) is 15.1. The molecule has 0 aliphatic carbocycles. The van der Waals surface area contributed by atoms with Gasteiger partial charge in [-0.15, -0.1) is 0 Å². The van der Waals surface area contributed by atoms with Crippen molar-refractivity contribution in [3.8, 4) is 5.75 Å². The molecule has 1 aromatic carbocycles. The van der Waals surface area contributed by atoms with Gasteiger partial charge in [-0.1, -0.05) is 15.9 Å². The normalized spacial score (nSPS) is 16.0. The summed E-state index contributed by atoms with van der Waals surface area (Å²) in [5, 5.41) is 2.98. The molecule has 3 rings (SSSR count). The fraction of sp³-hybridized carbons (Fsp3) is 0.389. The molecule has 24 heavy (non-hydrogen) atoms. The Balaban J connectivity index is 1.50. The summed E-state index contributed by atoms with van der Waals surface area (Å²) in [4.78, 5) is 13.6. The van der Waals surface area contributed by atoms with Crippen molar-refractivity contribution in [3.05, 3.63) is 52.9 Å². The zero-order valence-electron chi connectivity index (χ0n) is 13.5. The molecule has 2 aromatic rings. The number of ether oxygens (including phenoxy) is 1. The number of benzene rings is 1. The Hall–Kier alpha value is -1.79. The van der Waals surface area contributed by atoms with Crippen LogP contribution >= 0.6 is 15.9 Å². The second-order valence-electron chi connectivity index (χ2n) is 5.98. The van der Waals surface area contributed by atoms with Gasteiger partial charge in [-0.3, -0.25) is 4.79 Å². The van der Waals surface area contributed by atoms with E-state index >= 15 is 0 Å². The Labute approximate surface area is 150 Å². The van der Waals surface area contributed by atoms with Crippen LogP contribution in [0.5, 0.6) is 5.75 Å². The van der Waals surface area contributed by atoms with Crippen LogP contribution < -0.4 is 15.0 Å². The third-order valence-corrected chi connectivity index (χ3v) is 4.84. The summed E-state index contributed by atoms with van der Waals surface area (Å²) in [5.41, 5.74) is 0. The lowest BCUT2D eigenvalue weighted by Crippen LogP contribution is -3.11. The second-order valence-corrected chi connectivity index (χ2v) is 6.90. The first-order valence-electron chi connectivity index (χ1n) is 8.25. The number of hydrogen-bond acceptors (Lipinski definition) is 3. The largest absolute Gasteiger partial charge is 0.484 e. The quantitative estimate of drug-likeness (QED) is 0.755. The number of rotatable bonds is 7. The van der Waals surface area contributed by atoms with Gasteiger partial charge >= 0.3 is 0 Å². The van der Waals surface area contributed by atoms with E-state index in [2.05, 4.69) is 21.2 Å². The smallest absolute Gasteiger partial charge is 0.258 e. The average molecular weight is 394 g/mol. The highest BCUT2D eigenvalue weighted by Gasteiger charge is 2.29. The molecule has 1 aromatic heterocycles. The van der Waals surface area contributed by atoms with Gasteiger partial charge in [0.2, 0.25) is 0 Å². The molecule has 0 unspecified atom stereocenters. The third-order valence-electron chi connectivity index (χ3n) is 4.31. The number of carbonyl (C=O) groups is 1. The standard InChI is InChI=1S/C18H21BrN2O3/c19-14-5-7-15(8-6-14)24-13-18(22)20-12-16(17-4-3-11-23-17)21-9-1-2-10-21/h3-8,11,16H,1-2,9-10,12-13H2,(H,20,22)/p+1/t16-/m1/s1. The van der Waals surface area contributed by atoms with Crippen LogP contribution in [0.25, 0.3) is 0 Å². The van der Waals surface area contributed by atoms with Gasteiger partial charge in [0.15, 0.2) is 18.4 Å². The molecule has 6 heteroatoms. The van der Waals surface area contributed by atoms with Crippen LogP contribution in [0, 0.1) is 0 Å². The molecule has 0 spiro atoms. The molecule has 0 radical (unpaired) electrons. The maximum Gasteiger partial charge on any atom is 0.258 e. The number of quaternary nitrogens is 1. The predicted molar refractivity (Wildman–Crippen MR) is 94.0 cm³/mol. The van der Waals surface area contributed by atoms with Crippen molar-refractivity contribution in [1.29, 1.82) is 0 Å². The molecule has 1 fully saturated rings. The van der Waals surface area contributed by atoms with E-state index in [9.17, 15) is 4.79 Å². The fourth-order valence-electron chi connectivity index (χ4n) is 3.06. The summed E-state index contributed by atoms with van der Waals surface area (Å²) in [6, 6.07) is 11.5. The van der Waals surface area contributed by atoms with E-state index in [1.165, 1.54) is 17.7 Å². The Bertz CT molecular complexity index is 637. The minimum atomic E-state index is -0.118. The monoisotopic (exact) mass is 393 g/mol. The lowest BCUT2D eigenvalue weighted by atomic mass is 10.2. The Morgan fingerprint density at radius 2 is 2.00 bits per heavy atom. The molecular formula is C18H22BrN2O3+. The summed E-state index contributed by atoms with van der Waals surface area (Å²) in [6.07, 6.45) is 4.15. The van der Waals surface area contributed by atoms with Gasteiger partial charge in [0.25, 0.3) is 5.91 Å². The molecule has 2 heterocycles. The highest BCUT2D eigenvalue weighted by Crippen LogP contribution is 2.16. The van der Waals surface area contributed by atoms with Crippen LogP contribution in [0.3, 0.4) is 0 Å². The first kappa shape index (κ1) is 17.0. The van der Waals surface area contributed by atoms with E-state index in [4.69, 9.17) is 9.15 Å². The summed E-state index contributed by atoms with van der Waals surface area (Å²) in [6.45, 7) is 2.82. The van der Waals surface area contributed by atoms with Gasteiger partial charge in [0.1, 0.15) is 5.75 Å². The summed E-state index contributed by atoms with van der Waals surface area (Å²) >= 11 is 3.37. The van der Waals surface area contributed by atoms with Crippen molar-refractivity contribution in [2.75, 3.05) is 26.2 Å². The van der Waals surface area contributed by atoms with Gasteiger partial charge in [-0.25, -0.2) is 0 Å². The number of amides is 1. The number of likely N-dealkylation sites (tertiary alicyclic amines) is 1. The Morgan fingerprint density at radius 1 is 1.25 bits per heavy atom. The van der Waals surface area contributed by atoms with Crippen LogP contribution in [0.15, 0.2) is 51.6 Å². The first-order chi connectivity index (χ1) is 11.7. The predicted octanol–water partition coefficient (Wildman–Crippen LogP) is 1.96. The van der Waals surface area contributed by atoms with Crippen LogP contribution in [0.1, 0.15) is 24.6 Å². The fourth-order valence-corrected chi connectivity index (χ4v) is 3.32. The molecule has 0 bridgehead atoms. The molecule has 1 amide bonds. The first-order valence-corrected chi connectivity index (χ1v) is 9.05. The van der Waals surface area contributed by atoms with Crippen LogP contribution in [0.4, 0.5) is 0 Å². The Kier molecular flexibility index (Phi) is 5.93. The van der Waals surface area contributed by atoms with E-state index in [1.807, 2.05) is 36.4 Å². The van der Waals surface area contributed by atoms with Crippen LogP contribution in [0.2, 0.25) is 0 Å². The second kappa shape index (κ2) is 8.35. The number of hydrogen-bond donors (Lipinski definition) is 2. The van der Waals surface area contributed by atoms with Crippen molar-refractivity contribution in [2.24, 2.45) is 0 Å². The van der Waals surface area contributed by atoms with Crippen molar-refractivity contribution < 1.29 is 18.8 Å². The molecule has 1 aliphatic rings. The third kappa shape index (κ3) is 4.61. The summed E-state index contributed by atoms with van der Waals surface area (Å²) in [5.74, 6) is 1.50. The molecule has 5 nitrogen and oxygen atoms in total. The van der Waals surface area contributed by atoms with E-state index in [0.717, 1.165) is 23.3 Å². The van der Waals surface area contributed by atoms with Crippen molar-refractivity contribution in [3.63, 3.8) is 0 Å². The zero-order chi connectivity index (χ0) is 16.8. The lowest BCUT2D eigenvalue weighted by Gasteiger charge is -2.23. The van der Waals surface area contributed by atoms with E-state index in [0.29, 0.717) is 12.3 Å². The van der Waals surface area contributed by atoms with Gasteiger partial charge in [0.05, 0.1) is 25.9 Å². The molecule has 1 aliphatic heterocycles. The molecule has 128 valence electrons. The Morgan fingerprint density at radius 3 is 2.67 bits per heavy atom. The number of halogens is 1. The van der Waals surface area contributed by atoms with Crippen molar-refractivity contribution >= 4 is 21.8 Å². The average Bonchev–Trinajstić information content (AvgIpc) is 3.29. The maximum absolute atomic E-state index is 12.1. The van der Waals surface area contributed by atoms with Crippen LogP contribution in [-0.4, -0.2) is 32.1 Å². The van der Waals surface area contributed by atoms with Crippen molar-refractivity contribution in [2.45, 2.75) is 18.9 Å². The van der Waals surface area contributed by atoms with Gasteiger partial charge in [-0.05, 0) is 36.4 Å². The van der Waals surface area contributed by atoms with Gasteiger partial charge < -0.3 is 19.4 Å². The maximum atomic E-state index is 12.1. The molecule has 2 N–H and O–H groups in total. The summed E-state index contributed by atoms with van der Waals surface area (Å²) in [7, 11) is 0. The van der Waals surface area contributed by atoms with E-state index < -0.39 is 0 Å². The molecule has 1 atom stereocenters.